The van der Waals surface area contributed by atoms with Crippen molar-refractivity contribution in [2.24, 2.45) is 0 Å². The zero-order chi connectivity index (χ0) is 17.8. The summed E-state index contributed by atoms with van der Waals surface area (Å²) in [5.41, 5.74) is 6.54. The van der Waals surface area contributed by atoms with Crippen molar-refractivity contribution >= 4 is 23.0 Å². The molecule has 0 spiro atoms. The Balaban J connectivity index is 1.69. The molecule has 1 heterocycles. The highest BCUT2D eigenvalue weighted by Crippen LogP contribution is 2.17. The maximum atomic E-state index is 5.42. The van der Waals surface area contributed by atoms with Gasteiger partial charge >= 0.3 is 0 Å². The lowest BCUT2D eigenvalue weighted by molar-refractivity contribution is 0.830. The Morgan fingerprint density at radius 3 is 2.52 bits per heavy atom. The second-order valence-corrected chi connectivity index (χ2v) is 6.48. The maximum absolute atomic E-state index is 5.42. The number of nitrogens with zero attached hydrogens (tertiary/aromatic N) is 2. The number of aromatic nitrogens is 2. The first-order chi connectivity index (χ1) is 12.0. The number of hydrogen-bond donors (Lipinski definition) is 2. The van der Waals surface area contributed by atoms with Crippen molar-refractivity contribution < 1.29 is 0 Å². The average molecular weight is 350 g/mol. The summed E-state index contributed by atoms with van der Waals surface area (Å²) in [5, 5.41) is 11.8. The number of anilines is 1. The molecule has 0 fully saturated rings. The zero-order valence-electron chi connectivity index (χ0n) is 14.7. The lowest BCUT2D eigenvalue weighted by atomic mass is 10.2. The smallest absolute Gasteiger partial charge is 0.171 e. The summed E-state index contributed by atoms with van der Waals surface area (Å²) < 4.78 is 1.98. The van der Waals surface area contributed by atoms with Gasteiger partial charge < -0.3 is 10.6 Å². The highest BCUT2D eigenvalue weighted by atomic mass is 32.1. The highest BCUT2D eigenvalue weighted by Gasteiger charge is 2.12. The van der Waals surface area contributed by atoms with E-state index in [1.54, 1.807) is 0 Å². The van der Waals surface area contributed by atoms with Crippen LogP contribution in [0.25, 0.3) is 5.69 Å². The molecule has 5 heteroatoms. The minimum Gasteiger partial charge on any atom is -0.358 e. The van der Waals surface area contributed by atoms with Crippen LogP contribution in [0.15, 0.2) is 54.6 Å². The molecule has 0 saturated heterocycles. The van der Waals surface area contributed by atoms with Crippen LogP contribution in [0.4, 0.5) is 5.69 Å². The molecule has 0 unspecified atom stereocenters. The van der Waals surface area contributed by atoms with Crippen LogP contribution >= 0.6 is 12.2 Å². The molecule has 0 aliphatic carbocycles. The fourth-order valence-electron chi connectivity index (χ4n) is 2.82. The molecular formula is C20H22N4S. The molecule has 1 aromatic heterocycles. The van der Waals surface area contributed by atoms with E-state index in [1.165, 1.54) is 5.56 Å². The molecule has 128 valence electrons. The van der Waals surface area contributed by atoms with Crippen LogP contribution in [0.2, 0.25) is 0 Å². The van der Waals surface area contributed by atoms with Crippen LogP contribution < -0.4 is 10.6 Å². The van der Waals surface area contributed by atoms with E-state index in [4.69, 9.17) is 12.2 Å². The van der Waals surface area contributed by atoms with Gasteiger partial charge in [-0.25, -0.2) is 4.68 Å². The van der Waals surface area contributed by atoms with Crippen molar-refractivity contribution in [2.75, 3.05) is 5.32 Å². The number of thiocarbonyl (C=S) groups is 1. The number of aryl methyl sites for hydroxylation is 2. The number of nitrogens with one attached hydrogen (secondary N) is 2. The van der Waals surface area contributed by atoms with E-state index in [-0.39, 0.29) is 0 Å². The molecule has 2 aromatic carbocycles. The molecule has 0 saturated carbocycles. The zero-order valence-corrected chi connectivity index (χ0v) is 15.5. The summed E-state index contributed by atoms with van der Waals surface area (Å²) in [6.45, 7) is 6.82. The predicted octanol–water partition coefficient (Wildman–Crippen LogP) is 4.28. The lowest BCUT2D eigenvalue weighted by Gasteiger charge is -2.11. The molecule has 3 aromatic rings. The molecule has 2 N–H and O–H groups in total. The largest absolute Gasteiger partial charge is 0.358 e. The van der Waals surface area contributed by atoms with Gasteiger partial charge in [-0.15, -0.1) is 0 Å². The molecule has 0 bridgehead atoms. The first-order valence-corrected chi connectivity index (χ1v) is 8.67. The van der Waals surface area contributed by atoms with Crippen LogP contribution in [0.1, 0.15) is 22.5 Å². The second-order valence-electron chi connectivity index (χ2n) is 6.07. The number of rotatable bonds is 4. The summed E-state index contributed by atoms with van der Waals surface area (Å²) >= 11 is 5.42. The first kappa shape index (κ1) is 17.2. The van der Waals surface area contributed by atoms with Gasteiger partial charge in [0.05, 0.1) is 11.4 Å². The Bertz CT molecular complexity index is 884. The van der Waals surface area contributed by atoms with Gasteiger partial charge in [0.2, 0.25) is 0 Å². The monoisotopic (exact) mass is 350 g/mol. The van der Waals surface area contributed by atoms with E-state index < -0.39 is 0 Å². The van der Waals surface area contributed by atoms with Crippen LogP contribution in [-0.2, 0) is 6.54 Å². The minimum atomic E-state index is 0.608. The number of para-hydroxylation sites is 1. The molecule has 4 nitrogen and oxygen atoms in total. The first-order valence-electron chi connectivity index (χ1n) is 8.26. The van der Waals surface area contributed by atoms with Crippen LogP contribution in [-0.4, -0.2) is 14.9 Å². The van der Waals surface area contributed by atoms with Crippen molar-refractivity contribution in [3.63, 3.8) is 0 Å². The van der Waals surface area contributed by atoms with E-state index in [0.717, 1.165) is 28.3 Å². The standard InChI is InChI=1S/C20H22N4S/c1-14-8-7-9-17(12-14)22-20(25)21-13-19-15(2)23-24(16(19)3)18-10-5-4-6-11-18/h4-12H,13H2,1-3H3,(H2,21,22,25). The quantitative estimate of drug-likeness (QED) is 0.689. The van der Waals surface area contributed by atoms with Gasteiger partial charge in [-0.3, -0.25) is 0 Å². The van der Waals surface area contributed by atoms with Gasteiger partial charge in [-0.05, 0) is 62.8 Å². The molecule has 0 radical (unpaired) electrons. The van der Waals surface area contributed by atoms with Gasteiger partial charge in [0.1, 0.15) is 0 Å². The van der Waals surface area contributed by atoms with E-state index >= 15 is 0 Å². The molecule has 0 amide bonds. The van der Waals surface area contributed by atoms with Gasteiger partial charge in [0.25, 0.3) is 0 Å². The summed E-state index contributed by atoms with van der Waals surface area (Å²) in [7, 11) is 0. The average Bonchev–Trinajstić information content (AvgIpc) is 2.88. The van der Waals surface area contributed by atoms with Crippen molar-refractivity contribution in [3.05, 3.63) is 77.1 Å². The predicted molar refractivity (Wildman–Crippen MR) is 107 cm³/mol. The summed E-state index contributed by atoms with van der Waals surface area (Å²) in [6.07, 6.45) is 0. The fraction of sp³-hybridized carbons (Fsp3) is 0.200. The summed E-state index contributed by atoms with van der Waals surface area (Å²) in [6, 6.07) is 18.3. The van der Waals surface area contributed by atoms with E-state index in [9.17, 15) is 0 Å². The third kappa shape index (κ3) is 4.06. The van der Waals surface area contributed by atoms with Crippen molar-refractivity contribution in [3.8, 4) is 5.69 Å². The fourth-order valence-corrected chi connectivity index (χ4v) is 3.01. The van der Waals surface area contributed by atoms with Gasteiger partial charge in [0.15, 0.2) is 5.11 Å². The molecular weight excluding hydrogens is 328 g/mol. The van der Waals surface area contributed by atoms with E-state index in [0.29, 0.717) is 11.7 Å². The van der Waals surface area contributed by atoms with Crippen LogP contribution in [0.3, 0.4) is 0 Å². The van der Waals surface area contributed by atoms with Crippen molar-refractivity contribution in [1.82, 2.24) is 15.1 Å². The highest BCUT2D eigenvalue weighted by molar-refractivity contribution is 7.80. The molecule has 3 rings (SSSR count). The normalized spacial score (nSPS) is 10.5. The van der Waals surface area contributed by atoms with E-state index in [1.807, 2.05) is 41.9 Å². The van der Waals surface area contributed by atoms with Crippen molar-refractivity contribution in [2.45, 2.75) is 27.3 Å². The molecule has 0 aliphatic heterocycles. The Morgan fingerprint density at radius 2 is 1.80 bits per heavy atom. The van der Waals surface area contributed by atoms with Gasteiger partial charge in [-0.1, -0.05) is 30.3 Å². The number of benzene rings is 2. The SMILES string of the molecule is Cc1cccc(NC(=S)NCc2c(C)nn(-c3ccccc3)c2C)c1. The Hall–Kier alpha value is -2.66. The number of hydrogen-bond acceptors (Lipinski definition) is 2. The second kappa shape index (κ2) is 7.49. The Labute approximate surface area is 153 Å². The molecule has 0 aliphatic rings. The summed E-state index contributed by atoms with van der Waals surface area (Å²) in [4.78, 5) is 0. The minimum absolute atomic E-state index is 0.608. The van der Waals surface area contributed by atoms with Crippen molar-refractivity contribution in [1.29, 1.82) is 0 Å². The Morgan fingerprint density at radius 1 is 1.04 bits per heavy atom. The third-order valence-electron chi connectivity index (χ3n) is 4.14. The maximum Gasteiger partial charge on any atom is 0.171 e. The van der Waals surface area contributed by atoms with Crippen LogP contribution in [0, 0.1) is 20.8 Å². The van der Waals surface area contributed by atoms with Crippen LogP contribution in [0.5, 0.6) is 0 Å². The van der Waals surface area contributed by atoms with Gasteiger partial charge in [0, 0.05) is 23.5 Å². The van der Waals surface area contributed by atoms with E-state index in [2.05, 4.69) is 53.8 Å². The molecule has 25 heavy (non-hydrogen) atoms. The topological polar surface area (TPSA) is 41.9 Å². The third-order valence-corrected chi connectivity index (χ3v) is 4.39. The molecule has 0 atom stereocenters. The summed E-state index contributed by atoms with van der Waals surface area (Å²) in [5.74, 6) is 0. The van der Waals surface area contributed by atoms with Gasteiger partial charge in [-0.2, -0.15) is 5.10 Å². The lowest BCUT2D eigenvalue weighted by Crippen LogP contribution is -2.28. The Kier molecular flexibility index (Phi) is 5.14.